The Bertz CT molecular complexity index is 1780. The molecule has 0 spiro atoms. The van der Waals surface area contributed by atoms with Gasteiger partial charge in [-0.2, -0.15) is 9.78 Å². The number of hydrogen-bond donors (Lipinski definition) is 0. The van der Waals surface area contributed by atoms with E-state index in [-0.39, 0.29) is 16.8 Å². The molecule has 0 radical (unpaired) electrons. The fraction of sp³-hybridized carbons (Fsp3) is 0.258. The van der Waals surface area contributed by atoms with Crippen LogP contribution in [0.25, 0.3) is 33.5 Å². The molecule has 0 bridgehead atoms. The maximum Gasteiger partial charge on any atom is 0.282 e. The standard InChI is InChI=1S/C31H30IN3O5/c1-6-38-26-15-19(14-22(32)28(26)39-18-31(2,3)4)17-33-35-29(34-23-11-8-7-10-20(23)30(35)36)27-16-21-24(37-5)12-9-13-25(21)40-27/h7-17H,6,18H2,1-5H3. The Kier molecular flexibility index (Phi) is 7.84. The van der Waals surface area contributed by atoms with Crippen LogP contribution in [0.3, 0.4) is 0 Å². The third kappa shape index (κ3) is 5.70. The first-order valence-electron chi connectivity index (χ1n) is 12.9. The summed E-state index contributed by atoms with van der Waals surface area (Å²) in [5, 5.41) is 5.83. The highest BCUT2D eigenvalue weighted by Gasteiger charge is 2.19. The zero-order valence-electron chi connectivity index (χ0n) is 23.0. The van der Waals surface area contributed by atoms with Gasteiger partial charge in [-0.25, -0.2) is 4.98 Å². The van der Waals surface area contributed by atoms with Gasteiger partial charge in [0.15, 0.2) is 17.3 Å². The fourth-order valence-electron chi connectivity index (χ4n) is 4.19. The van der Waals surface area contributed by atoms with Crippen molar-refractivity contribution in [1.29, 1.82) is 0 Å². The van der Waals surface area contributed by atoms with Gasteiger partial charge < -0.3 is 18.6 Å². The molecule has 2 aromatic heterocycles. The van der Waals surface area contributed by atoms with Crippen LogP contribution in [0.4, 0.5) is 0 Å². The van der Waals surface area contributed by atoms with Gasteiger partial charge in [-0.05, 0) is 83.0 Å². The number of rotatable bonds is 8. The van der Waals surface area contributed by atoms with Crippen LogP contribution in [-0.4, -0.2) is 36.2 Å². The molecular formula is C31H30IN3O5. The molecule has 0 aliphatic heterocycles. The first kappa shape index (κ1) is 27.7. The van der Waals surface area contributed by atoms with Gasteiger partial charge in [-0.3, -0.25) is 4.79 Å². The molecule has 40 heavy (non-hydrogen) atoms. The number of ether oxygens (including phenoxy) is 3. The van der Waals surface area contributed by atoms with E-state index in [2.05, 4.69) is 48.5 Å². The Morgan fingerprint density at radius 2 is 1.82 bits per heavy atom. The molecule has 5 rings (SSSR count). The van der Waals surface area contributed by atoms with Crippen LogP contribution in [0.2, 0.25) is 0 Å². The molecule has 0 atom stereocenters. The predicted octanol–water partition coefficient (Wildman–Crippen LogP) is 7.13. The number of para-hydroxylation sites is 1. The Balaban J connectivity index is 1.63. The zero-order valence-corrected chi connectivity index (χ0v) is 25.2. The normalized spacial score (nSPS) is 11.9. The summed E-state index contributed by atoms with van der Waals surface area (Å²) in [6.45, 7) is 9.30. The summed E-state index contributed by atoms with van der Waals surface area (Å²) in [5.41, 5.74) is 1.60. The lowest BCUT2D eigenvalue weighted by Gasteiger charge is -2.21. The maximum atomic E-state index is 13.6. The summed E-state index contributed by atoms with van der Waals surface area (Å²) in [4.78, 5) is 18.4. The Morgan fingerprint density at radius 3 is 2.58 bits per heavy atom. The van der Waals surface area contributed by atoms with Crippen molar-refractivity contribution < 1.29 is 18.6 Å². The summed E-state index contributed by atoms with van der Waals surface area (Å²) < 4.78 is 25.8. The number of hydrogen-bond acceptors (Lipinski definition) is 7. The summed E-state index contributed by atoms with van der Waals surface area (Å²) in [6.07, 6.45) is 1.61. The minimum Gasteiger partial charge on any atom is -0.496 e. The molecule has 9 heteroatoms. The number of benzene rings is 3. The van der Waals surface area contributed by atoms with Gasteiger partial charge in [0.1, 0.15) is 11.3 Å². The first-order chi connectivity index (χ1) is 19.2. The highest BCUT2D eigenvalue weighted by Crippen LogP contribution is 2.36. The van der Waals surface area contributed by atoms with E-state index in [1.165, 1.54) is 4.68 Å². The molecule has 0 saturated heterocycles. The van der Waals surface area contributed by atoms with Crippen molar-refractivity contribution in [1.82, 2.24) is 9.66 Å². The highest BCUT2D eigenvalue weighted by molar-refractivity contribution is 14.1. The number of halogens is 1. The van der Waals surface area contributed by atoms with E-state index in [4.69, 9.17) is 23.6 Å². The van der Waals surface area contributed by atoms with Crippen LogP contribution in [0, 0.1) is 8.99 Å². The van der Waals surface area contributed by atoms with E-state index in [0.29, 0.717) is 52.7 Å². The lowest BCUT2D eigenvalue weighted by Crippen LogP contribution is -2.20. The van der Waals surface area contributed by atoms with Crippen LogP contribution < -0.4 is 19.8 Å². The summed E-state index contributed by atoms with van der Waals surface area (Å²) in [5.74, 6) is 2.65. The van der Waals surface area contributed by atoms with E-state index < -0.39 is 0 Å². The monoisotopic (exact) mass is 651 g/mol. The van der Waals surface area contributed by atoms with Crippen molar-refractivity contribution in [2.75, 3.05) is 20.3 Å². The second-order valence-corrected chi connectivity index (χ2v) is 11.6. The number of methoxy groups -OCH3 is 1. The lowest BCUT2D eigenvalue weighted by atomic mass is 9.99. The van der Waals surface area contributed by atoms with Gasteiger partial charge in [-0.1, -0.05) is 39.0 Å². The average Bonchev–Trinajstić information content (AvgIpc) is 3.36. The molecule has 5 aromatic rings. The molecular weight excluding hydrogens is 621 g/mol. The summed E-state index contributed by atoms with van der Waals surface area (Å²) in [6, 6.07) is 18.3. The topological polar surface area (TPSA) is 88.1 Å². The van der Waals surface area contributed by atoms with Crippen molar-refractivity contribution in [2.45, 2.75) is 27.7 Å². The van der Waals surface area contributed by atoms with Gasteiger partial charge in [0, 0.05) is 0 Å². The van der Waals surface area contributed by atoms with E-state index >= 15 is 0 Å². The number of aromatic nitrogens is 2. The molecule has 0 fully saturated rings. The third-order valence-corrected chi connectivity index (χ3v) is 6.82. The minimum atomic E-state index is -0.311. The molecule has 0 N–H and O–H groups in total. The van der Waals surface area contributed by atoms with Gasteiger partial charge in [0.05, 0.1) is 46.4 Å². The summed E-state index contributed by atoms with van der Waals surface area (Å²) >= 11 is 2.23. The SMILES string of the molecule is CCOc1cc(C=Nn2c(-c3cc4c(OC)cccc4o3)nc3ccccc3c2=O)cc(I)c1OCC(C)(C)C. The second kappa shape index (κ2) is 11.3. The molecule has 3 aromatic carbocycles. The molecule has 8 nitrogen and oxygen atoms in total. The van der Waals surface area contributed by atoms with Crippen molar-refractivity contribution >= 4 is 50.7 Å². The predicted molar refractivity (Wildman–Crippen MR) is 166 cm³/mol. The van der Waals surface area contributed by atoms with E-state index in [0.717, 1.165) is 14.5 Å². The maximum absolute atomic E-state index is 13.6. The van der Waals surface area contributed by atoms with Crippen LogP contribution in [0.1, 0.15) is 33.3 Å². The van der Waals surface area contributed by atoms with E-state index in [1.807, 2.05) is 49.4 Å². The quantitative estimate of drug-likeness (QED) is 0.131. The fourth-order valence-corrected chi connectivity index (χ4v) is 4.97. The third-order valence-electron chi connectivity index (χ3n) is 6.02. The molecule has 206 valence electrons. The van der Waals surface area contributed by atoms with Crippen LogP contribution in [0.5, 0.6) is 17.2 Å². The Hall–Kier alpha value is -3.86. The zero-order chi connectivity index (χ0) is 28.4. The lowest BCUT2D eigenvalue weighted by molar-refractivity contribution is 0.187. The van der Waals surface area contributed by atoms with Gasteiger partial charge >= 0.3 is 0 Å². The first-order valence-corrected chi connectivity index (χ1v) is 14.0. The molecule has 0 aliphatic rings. The van der Waals surface area contributed by atoms with Crippen molar-refractivity contribution in [3.8, 4) is 28.8 Å². The van der Waals surface area contributed by atoms with Crippen LogP contribution in [-0.2, 0) is 0 Å². The number of furan rings is 1. The van der Waals surface area contributed by atoms with Crippen LogP contribution in [0.15, 0.2) is 75.0 Å². The second-order valence-electron chi connectivity index (χ2n) is 10.4. The Labute approximate surface area is 245 Å². The number of nitrogens with zero attached hydrogens (tertiary/aromatic N) is 3. The average molecular weight is 652 g/mol. The molecule has 0 saturated carbocycles. The molecule has 0 unspecified atom stereocenters. The largest absolute Gasteiger partial charge is 0.496 e. The van der Waals surface area contributed by atoms with Gasteiger partial charge in [0.2, 0.25) is 5.82 Å². The van der Waals surface area contributed by atoms with Gasteiger partial charge in [0.25, 0.3) is 5.56 Å². The van der Waals surface area contributed by atoms with Crippen molar-refractivity contribution in [2.24, 2.45) is 10.5 Å². The highest BCUT2D eigenvalue weighted by atomic mass is 127. The molecule has 2 heterocycles. The summed E-state index contributed by atoms with van der Waals surface area (Å²) in [7, 11) is 1.60. The van der Waals surface area contributed by atoms with Crippen molar-refractivity contribution in [3.63, 3.8) is 0 Å². The van der Waals surface area contributed by atoms with Crippen LogP contribution >= 0.6 is 22.6 Å². The van der Waals surface area contributed by atoms with E-state index in [9.17, 15) is 4.79 Å². The molecule has 0 amide bonds. The van der Waals surface area contributed by atoms with Crippen molar-refractivity contribution in [3.05, 3.63) is 80.2 Å². The smallest absolute Gasteiger partial charge is 0.282 e. The minimum absolute atomic E-state index is 0.00594. The molecule has 0 aliphatic carbocycles. The number of fused-ring (bicyclic) bond motifs is 2. The van der Waals surface area contributed by atoms with E-state index in [1.54, 1.807) is 31.5 Å². The Morgan fingerprint density at radius 1 is 1.02 bits per heavy atom. The van der Waals surface area contributed by atoms with Gasteiger partial charge in [-0.15, -0.1) is 0 Å².